The summed E-state index contributed by atoms with van der Waals surface area (Å²) >= 11 is 6.39. The maximum absolute atomic E-state index is 13.8. The second kappa shape index (κ2) is 12.1. The van der Waals surface area contributed by atoms with E-state index in [2.05, 4.69) is 5.32 Å². The van der Waals surface area contributed by atoms with Crippen LogP contribution < -0.4 is 9.62 Å². The lowest BCUT2D eigenvalue weighted by Crippen LogP contribution is -2.51. The van der Waals surface area contributed by atoms with Gasteiger partial charge in [-0.3, -0.25) is 13.9 Å². The third kappa shape index (κ3) is 6.25. The zero-order chi connectivity index (χ0) is 26.3. The normalized spacial score (nSPS) is 12.0. The highest BCUT2D eigenvalue weighted by Crippen LogP contribution is 2.30. The Bertz CT molecular complexity index is 1300. The molecule has 1 atom stereocenters. The van der Waals surface area contributed by atoms with Gasteiger partial charge in [0.2, 0.25) is 11.8 Å². The van der Waals surface area contributed by atoms with Crippen molar-refractivity contribution in [1.82, 2.24) is 10.2 Å². The molecule has 3 aromatic carbocycles. The molecule has 0 spiro atoms. The maximum Gasteiger partial charge on any atom is 0.264 e. The highest BCUT2D eigenvalue weighted by atomic mass is 35.5. The molecule has 3 aromatic rings. The van der Waals surface area contributed by atoms with Gasteiger partial charge in [-0.15, -0.1) is 0 Å². The molecule has 190 valence electrons. The Hall–Kier alpha value is -3.36. The van der Waals surface area contributed by atoms with Crippen molar-refractivity contribution in [3.8, 4) is 0 Å². The van der Waals surface area contributed by atoms with Crippen molar-refractivity contribution in [2.75, 3.05) is 17.9 Å². The van der Waals surface area contributed by atoms with E-state index >= 15 is 0 Å². The molecule has 36 heavy (non-hydrogen) atoms. The topological polar surface area (TPSA) is 86.8 Å². The summed E-state index contributed by atoms with van der Waals surface area (Å²) in [4.78, 5) is 28.0. The second-order valence-corrected chi connectivity index (χ2v) is 10.6. The molecule has 0 heterocycles. The van der Waals surface area contributed by atoms with Gasteiger partial charge in [-0.1, -0.05) is 78.7 Å². The first-order valence-electron chi connectivity index (χ1n) is 11.6. The SMILES string of the molecule is CC[C@H](C(=O)NC)N(Cc1ccc(C)cc1)C(=O)CN(c1ccccc1Cl)S(=O)(=O)c1ccccc1. The molecular weight excluding hydrogens is 498 g/mol. The van der Waals surface area contributed by atoms with Crippen LogP contribution in [0.3, 0.4) is 0 Å². The van der Waals surface area contributed by atoms with Gasteiger partial charge in [-0.25, -0.2) is 8.42 Å². The average molecular weight is 528 g/mol. The van der Waals surface area contributed by atoms with Gasteiger partial charge in [0.25, 0.3) is 10.0 Å². The number of benzene rings is 3. The number of carbonyl (C=O) groups is 2. The van der Waals surface area contributed by atoms with E-state index in [0.29, 0.717) is 6.42 Å². The molecule has 9 heteroatoms. The monoisotopic (exact) mass is 527 g/mol. The fourth-order valence-corrected chi connectivity index (χ4v) is 5.61. The number of hydrogen-bond acceptors (Lipinski definition) is 4. The fourth-order valence-electron chi connectivity index (χ4n) is 3.86. The number of amides is 2. The lowest BCUT2D eigenvalue weighted by Gasteiger charge is -2.33. The number of likely N-dealkylation sites (N-methyl/N-ethyl adjacent to an activating group) is 1. The van der Waals surface area contributed by atoms with E-state index in [1.165, 1.54) is 24.1 Å². The van der Waals surface area contributed by atoms with Gasteiger partial charge in [0.1, 0.15) is 12.6 Å². The minimum absolute atomic E-state index is 0.0288. The number of nitrogens with zero attached hydrogens (tertiary/aromatic N) is 2. The Morgan fingerprint density at radius 1 is 0.944 bits per heavy atom. The summed E-state index contributed by atoms with van der Waals surface area (Å²) in [6.07, 6.45) is 0.356. The molecular formula is C27H30ClN3O4S. The number of aryl methyl sites for hydroxylation is 1. The van der Waals surface area contributed by atoms with E-state index in [1.807, 2.05) is 38.1 Å². The summed E-state index contributed by atoms with van der Waals surface area (Å²) in [5, 5.41) is 2.80. The molecule has 0 aliphatic heterocycles. The molecule has 0 aliphatic rings. The quantitative estimate of drug-likeness (QED) is 0.423. The van der Waals surface area contributed by atoms with Crippen LogP contribution in [-0.2, 0) is 26.2 Å². The van der Waals surface area contributed by atoms with Crippen molar-refractivity contribution >= 4 is 39.1 Å². The highest BCUT2D eigenvalue weighted by Gasteiger charge is 2.34. The molecule has 0 radical (unpaired) electrons. The summed E-state index contributed by atoms with van der Waals surface area (Å²) in [5.74, 6) is -0.848. The van der Waals surface area contributed by atoms with Crippen molar-refractivity contribution in [3.05, 3.63) is 95.0 Å². The van der Waals surface area contributed by atoms with Crippen molar-refractivity contribution in [3.63, 3.8) is 0 Å². The van der Waals surface area contributed by atoms with Crippen LogP contribution in [0.5, 0.6) is 0 Å². The van der Waals surface area contributed by atoms with Gasteiger partial charge in [0, 0.05) is 13.6 Å². The molecule has 7 nitrogen and oxygen atoms in total. The van der Waals surface area contributed by atoms with Gasteiger partial charge in [-0.2, -0.15) is 0 Å². The average Bonchev–Trinajstić information content (AvgIpc) is 2.89. The molecule has 0 bridgehead atoms. The summed E-state index contributed by atoms with van der Waals surface area (Å²) in [6.45, 7) is 3.39. The van der Waals surface area contributed by atoms with Crippen molar-refractivity contribution < 1.29 is 18.0 Å². The van der Waals surface area contributed by atoms with Crippen LogP contribution >= 0.6 is 11.6 Å². The zero-order valence-corrected chi connectivity index (χ0v) is 22.1. The molecule has 2 amide bonds. The minimum Gasteiger partial charge on any atom is -0.357 e. The van der Waals surface area contributed by atoms with Crippen LogP contribution in [0, 0.1) is 6.92 Å². The summed E-state index contributed by atoms with van der Waals surface area (Å²) < 4.78 is 28.4. The predicted molar refractivity (Wildman–Crippen MR) is 142 cm³/mol. The molecule has 0 saturated carbocycles. The fraction of sp³-hybridized carbons (Fsp3) is 0.259. The van der Waals surface area contributed by atoms with Gasteiger partial charge >= 0.3 is 0 Å². The lowest BCUT2D eigenvalue weighted by atomic mass is 10.1. The summed E-state index contributed by atoms with van der Waals surface area (Å²) in [6, 6.07) is 21.2. The largest absolute Gasteiger partial charge is 0.357 e. The number of rotatable bonds is 10. The molecule has 1 N–H and O–H groups in total. The first-order chi connectivity index (χ1) is 17.2. The van der Waals surface area contributed by atoms with Crippen molar-refractivity contribution in [2.45, 2.75) is 37.8 Å². The first-order valence-corrected chi connectivity index (χ1v) is 13.4. The second-order valence-electron chi connectivity index (χ2n) is 8.32. The maximum atomic E-state index is 13.8. The van der Waals surface area contributed by atoms with Crippen LogP contribution in [0.4, 0.5) is 5.69 Å². The van der Waals surface area contributed by atoms with E-state index in [-0.39, 0.29) is 28.1 Å². The van der Waals surface area contributed by atoms with Gasteiger partial charge in [0.05, 0.1) is 15.6 Å². The van der Waals surface area contributed by atoms with E-state index < -0.39 is 28.5 Å². The number of halogens is 1. The van der Waals surface area contributed by atoms with E-state index in [1.54, 1.807) is 42.5 Å². The first kappa shape index (κ1) is 27.2. The number of hydrogen-bond donors (Lipinski definition) is 1. The number of anilines is 1. The van der Waals surface area contributed by atoms with Crippen LogP contribution in [0.2, 0.25) is 5.02 Å². The smallest absolute Gasteiger partial charge is 0.264 e. The molecule has 0 unspecified atom stereocenters. The molecule has 0 saturated heterocycles. The van der Waals surface area contributed by atoms with Crippen LogP contribution in [0.15, 0.2) is 83.8 Å². The van der Waals surface area contributed by atoms with E-state index in [4.69, 9.17) is 11.6 Å². The molecule has 0 aliphatic carbocycles. The summed E-state index contributed by atoms with van der Waals surface area (Å²) in [5.41, 5.74) is 2.07. The van der Waals surface area contributed by atoms with Crippen molar-refractivity contribution in [2.24, 2.45) is 0 Å². The van der Waals surface area contributed by atoms with Gasteiger partial charge in [0.15, 0.2) is 0 Å². The standard InChI is InChI=1S/C27H30ClN3O4S/c1-4-24(27(33)29-3)30(18-21-16-14-20(2)15-17-21)26(32)19-31(25-13-9-8-12-23(25)28)36(34,35)22-10-6-5-7-11-22/h5-17,24H,4,18-19H2,1-3H3,(H,29,33)/t24-/m1/s1. The Labute approximate surface area is 217 Å². The Balaban J connectivity index is 2.05. The van der Waals surface area contributed by atoms with Crippen LogP contribution in [0.1, 0.15) is 24.5 Å². The number of carbonyl (C=O) groups excluding carboxylic acids is 2. The highest BCUT2D eigenvalue weighted by molar-refractivity contribution is 7.92. The van der Waals surface area contributed by atoms with E-state index in [0.717, 1.165) is 15.4 Å². The third-order valence-electron chi connectivity index (χ3n) is 5.84. The van der Waals surface area contributed by atoms with Crippen LogP contribution in [-0.4, -0.2) is 44.8 Å². The Morgan fingerprint density at radius 2 is 1.56 bits per heavy atom. The van der Waals surface area contributed by atoms with Crippen molar-refractivity contribution in [1.29, 1.82) is 0 Å². The molecule has 3 rings (SSSR count). The van der Waals surface area contributed by atoms with E-state index in [9.17, 15) is 18.0 Å². The zero-order valence-electron chi connectivity index (χ0n) is 20.5. The van der Waals surface area contributed by atoms with Gasteiger partial charge < -0.3 is 10.2 Å². The third-order valence-corrected chi connectivity index (χ3v) is 7.93. The molecule has 0 fully saturated rings. The Kier molecular flexibility index (Phi) is 9.12. The Morgan fingerprint density at radius 3 is 2.14 bits per heavy atom. The lowest BCUT2D eigenvalue weighted by molar-refractivity contribution is -0.140. The van der Waals surface area contributed by atoms with Crippen LogP contribution in [0.25, 0.3) is 0 Å². The minimum atomic E-state index is -4.14. The van der Waals surface area contributed by atoms with Gasteiger partial charge in [-0.05, 0) is 43.2 Å². The summed E-state index contributed by atoms with van der Waals surface area (Å²) in [7, 11) is -2.63. The number of para-hydroxylation sites is 1. The number of sulfonamides is 1. The predicted octanol–water partition coefficient (Wildman–Crippen LogP) is 4.40. The number of nitrogens with one attached hydrogen (secondary N) is 1. The molecule has 0 aromatic heterocycles.